The van der Waals surface area contributed by atoms with Gasteiger partial charge in [0.05, 0.1) is 5.69 Å². The lowest BCUT2D eigenvalue weighted by molar-refractivity contribution is 0.366. The third kappa shape index (κ3) is 3.23. The molecular weight excluding hydrogens is 375 g/mol. The van der Waals surface area contributed by atoms with Gasteiger partial charge in [-0.05, 0) is 47.3 Å². The summed E-state index contributed by atoms with van der Waals surface area (Å²) >= 11 is 0. The van der Waals surface area contributed by atoms with E-state index in [4.69, 9.17) is 5.73 Å². The van der Waals surface area contributed by atoms with Gasteiger partial charge in [-0.1, -0.05) is 54.6 Å². The largest absolute Gasteiger partial charge is 0.382 e. The van der Waals surface area contributed by atoms with Crippen molar-refractivity contribution in [1.82, 2.24) is 15.1 Å². The van der Waals surface area contributed by atoms with Crippen molar-refractivity contribution in [3.8, 4) is 11.3 Å². The molecule has 0 bridgehead atoms. The highest BCUT2D eigenvalue weighted by Crippen LogP contribution is 2.35. The molecule has 148 valence electrons. The average molecular weight is 396 g/mol. The summed E-state index contributed by atoms with van der Waals surface area (Å²) in [5.74, 6) is 0.216. The lowest BCUT2D eigenvalue weighted by Crippen LogP contribution is -2.16. The second-order valence-electron chi connectivity index (χ2n) is 7.68. The van der Waals surface area contributed by atoms with Crippen LogP contribution in [-0.2, 0) is 6.54 Å². The molecule has 0 fully saturated rings. The van der Waals surface area contributed by atoms with E-state index in [0.717, 1.165) is 46.4 Å². The summed E-state index contributed by atoms with van der Waals surface area (Å²) in [7, 11) is 2.07. The van der Waals surface area contributed by atoms with Crippen molar-refractivity contribution in [2.24, 2.45) is 0 Å². The molecule has 3 aromatic carbocycles. The molecule has 0 saturated carbocycles. The van der Waals surface area contributed by atoms with Crippen LogP contribution in [0.5, 0.6) is 0 Å². The Kier molecular flexibility index (Phi) is 4.52. The van der Waals surface area contributed by atoms with Gasteiger partial charge in [0.1, 0.15) is 11.6 Å². The predicted molar refractivity (Wildman–Crippen MR) is 119 cm³/mol. The third-order valence-corrected chi connectivity index (χ3v) is 5.58. The van der Waals surface area contributed by atoms with Crippen LogP contribution in [0.3, 0.4) is 0 Å². The first-order chi connectivity index (χ1) is 14.6. The minimum absolute atomic E-state index is 0.177. The summed E-state index contributed by atoms with van der Waals surface area (Å²) in [5, 5.41) is 9.71. The Labute approximate surface area is 174 Å². The zero-order valence-electron chi connectivity index (χ0n) is 16.6. The van der Waals surface area contributed by atoms with E-state index in [1.54, 1.807) is 6.07 Å². The summed E-state index contributed by atoms with van der Waals surface area (Å²) in [6.07, 6.45) is 2.11. The summed E-state index contributed by atoms with van der Waals surface area (Å²) in [6, 6.07) is 21.2. The Balaban J connectivity index is 1.65. The molecule has 0 spiro atoms. The number of nitrogens with zero attached hydrogens (tertiary/aromatic N) is 3. The number of halogens is 1. The zero-order chi connectivity index (χ0) is 20.7. The second kappa shape index (κ2) is 7.35. The number of fused-ring (bicyclic) bond motifs is 2. The number of nitrogens with two attached hydrogens (primary N) is 1. The topological polar surface area (TPSA) is 55.0 Å². The molecule has 4 aromatic rings. The SMILES string of the molecule is CN1CC=C(c2ccc3ccccc3c2F)c2ccc(-c3ccc(N)nn3)cc2C1. The Bertz CT molecular complexity index is 1280. The highest BCUT2D eigenvalue weighted by molar-refractivity contribution is 5.91. The van der Waals surface area contributed by atoms with Crippen molar-refractivity contribution in [2.45, 2.75) is 6.54 Å². The Morgan fingerprint density at radius 1 is 0.933 bits per heavy atom. The average Bonchev–Trinajstić information content (AvgIpc) is 2.92. The van der Waals surface area contributed by atoms with E-state index in [1.165, 1.54) is 0 Å². The van der Waals surface area contributed by atoms with Crippen LogP contribution in [-0.4, -0.2) is 28.7 Å². The quantitative estimate of drug-likeness (QED) is 0.524. The molecular formula is C25H21FN4. The molecule has 1 aliphatic rings. The van der Waals surface area contributed by atoms with E-state index < -0.39 is 0 Å². The molecule has 1 aliphatic heterocycles. The molecule has 0 aliphatic carbocycles. The van der Waals surface area contributed by atoms with Gasteiger partial charge < -0.3 is 5.73 Å². The standard InChI is InChI=1S/C25H21FN4/c1-30-13-12-21(22-9-6-16-4-2-3-5-20(16)25(22)26)19-8-7-17(14-18(19)15-30)23-10-11-24(27)29-28-23/h2-12,14H,13,15H2,1H3,(H2,27,29). The van der Waals surface area contributed by atoms with Crippen LogP contribution >= 0.6 is 0 Å². The van der Waals surface area contributed by atoms with Crippen LogP contribution < -0.4 is 5.73 Å². The number of hydrogen-bond donors (Lipinski definition) is 1. The minimum atomic E-state index is -0.177. The fourth-order valence-electron chi connectivity index (χ4n) is 4.05. The fraction of sp³-hybridized carbons (Fsp3) is 0.120. The predicted octanol–water partition coefficient (Wildman–Crippen LogP) is 4.90. The van der Waals surface area contributed by atoms with Crippen molar-refractivity contribution in [1.29, 1.82) is 0 Å². The maximum Gasteiger partial charge on any atom is 0.146 e. The molecule has 2 N–H and O–H groups in total. The summed E-state index contributed by atoms with van der Waals surface area (Å²) in [4.78, 5) is 2.21. The second-order valence-corrected chi connectivity index (χ2v) is 7.68. The lowest BCUT2D eigenvalue weighted by atomic mass is 9.91. The lowest BCUT2D eigenvalue weighted by Gasteiger charge is -2.16. The summed E-state index contributed by atoms with van der Waals surface area (Å²) in [5.41, 5.74) is 11.1. The highest BCUT2D eigenvalue weighted by Gasteiger charge is 2.20. The highest BCUT2D eigenvalue weighted by atomic mass is 19.1. The number of benzene rings is 3. The van der Waals surface area contributed by atoms with Gasteiger partial charge in [-0.2, -0.15) is 0 Å². The summed E-state index contributed by atoms with van der Waals surface area (Å²) < 4.78 is 15.5. The van der Waals surface area contributed by atoms with Crippen LogP contribution in [0.1, 0.15) is 16.7 Å². The number of rotatable bonds is 2. The van der Waals surface area contributed by atoms with Gasteiger partial charge in [0, 0.05) is 29.6 Å². The van der Waals surface area contributed by atoms with E-state index in [-0.39, 0.29) is 5.82 Å². The van der Waals surface area contributed by atoms with Gasteiger partial charge in [-0.3, -0.25) is 4.90 Å². The molecule has 0 radical (unpaired) electrons. The molecule has 5 heteroatoms. The molecule has 0 saturated heterocycles. The maximum absolute atomic E-state index is 15.5. The van der Waals surface area contributed by atoms with Crippen LogP contribution in [0.2, 0.25) is 0 Å². The molecule has 4 nitrogen and oxygen atoms in total. The third-order valence-electron chi connectivity index (χ3n) is 5.58. The number of hydrogen-bond acceptors (Lipinski definition) is 4. The van der Waals surface area contributed by atoms with Gasteiger partial charge in [0.15, 0.2) is 0 Å². The summed E-state index contributed by atoms with van der Waals surface area (Å²) in [6.45, 7) is 1.51. The number of likely N-dealkylation sites (N-methyl/N-ethyl adjacent to an activating group) is 1. The number of aromatic nitrogens is 2. The molecule has 1 aromatic heterocycles. The van der Waals surface area contributed by atoms with Gasteiger partial charge in [0.2, 0.25) is 0 Å². The Morgan fingerprint density at radius 2 is 1.77 bits per heavy atom. The van der Waals surface area contributed by atoms with E-state index in [9.17, 15) is 0 Å². The van der Waals surface area contributed by atoms with E-state index in [0.29, 0.717) is 16.8 Å². The van der Waals surface area contributed by atoms with E-state index >= 15 is 4.39 Å². The molecule has 30 heavy (non-hydrogen) atoms. The molecule has 0 unspecified atom stereocenters. The first-order valence-electron chi connectivity index (χ1n) is 9.89. The number of anilines is 1. The monoisotopic (exact) mass is 396 g/mol. The first-order valence-corrected chi connectivity index (χ1v) is 9.89. The Morgan fingerprint density at radius 3 is 2.60 bits per heavy atom. The van der Waals surface area contributed by atoms with E-state index in [2.05, 4.69) is 40.4 Å². The fourth-order valence-corrected chi connectivity index (χ4v) is 4.05. The van der Waals surface area contributed by atoms with Crippen LogP contribution in [0.25, 0.3) is 27.6 Å². The Hall–Kier alpha value is -3.57. The normalized spacial score (nSPS) is 14.3. The van der Waals surface area contributed by atoms with Crippen molar-refractivity contribution < 1.29 is 4.39 Å². The number of nitrogen functional groups attached to an aromatic ring is 1. The van der Waals surface area contributed by atoms with Crippen molar-refractivity contribution in [3.05, 3.63) is 95.3 Å². The maximum atomic E-state index is 15.5. The molecule has 2 heterocycles. The van der Waals surface area contributed by atoms with Crippen molar-refractivity contribution in [2.75, 3.05) is 19.3 Å². The van der Waals surface area contributed by atoms with E-state index in [1.807, 2.05) is 48.5 Å². The van der Waals surface area contributed by atoms with Crippen molar-refractivity contribution >= 4 is 22.2 Å². The molecule has 5 rings (SSSR count). The molecule has 0 atom stereocenters. The minimum Gasteiger partial charge on any atom is -0.382 e. The van der Waals surface area contributed by atoms with Crippen LogP contribution in [0, 0.1) is 5.82 Å². The van der Waals surface area contributed by atoms with Crippen LogP contribution in [0.15, 0.2) is 72.8 Å². The van der Waals surface area contributed by atoms with Crippen LogP contribution in [0.4, 0.5) is 10.2 Å². The van der Waals surface area contributed by atoms with Gasteiger partial charge >= 0.3 is 0 Å². The van der Waals surface area contributed by atoms with Crippen molar-refractivity contribution in [3.63, 3.8) is 0 Å². The first kappa shape index (κ1) is 18.5. The van der Waals surface area contributed by atoms with Gasteiger partial charge in [0.25, 0.3) is 0 Å². The van der Waals surface area contributed by atoms with Gasteiger partial charge in [-0.25, -0.2) is 4.39 Å². The smallest absolute Gasteiger partial charge is 0.146 e. The molecule has 0 amide bonds. The van der Waals surface area contributed by atoms with Gasteiger partial charge in [-0.15, -0.1) is 10.2 Å². The zero-order valence-corrected chi connectivity index (χ0v) is 16.6.